The molecule has 3 aromatic carbocycles. The van der Waals surface area contributed by atoms with Crippen LogP contribution in [0.25, 0.3) is 0 Å². The van der Waals surface area contributed by atoms with E-state index in [1.54, 1.807) is 0 Å². The van der Waals surface area contributed by atoms with Crippen molar-refractivity contribution in [1.82, 2.24) is 0 Å². The van der Waals surface area contributed by atoms with Gasteiger partial charge in [-0.2, -0.15) is 11.8 Å². The van der Waals surface area contributed by atoms with Crippen LogP contribution in [0.15, 0.2) is 91.0 Å². The first-order chi connectivity index (χ1) is 11.8. The van der Waals surface area contributed by atoms with Crippen molar-refractivity contribution in [3.05, 3.63) is 108 Å². The lowest BCUT2D eigenvalue weighted by Gasteiger charge is -2.23. The van der Waals surface area contributed by atoms with E-state index in [9.17, 15) is 0 Å². The summed E-state index contributed by atoms with van der Waals surface area (Å²) in [6, 6.07) is 32.2. The third-order valence-corrected chi connectivity index (χ3v) is 6.79. The molecule has 122 valence electrons. The molecule has 0 saturated carbocycles. The summed E-state index contributed by atoms with van der Waals surface area (Å²) in [5.41, 5.74) is 4.11. The molecule has 0 unspecified atom stereocenters. The Balaban J connectivity index is 1.73. The van der Waals surface area contributed by atoms with Crippen LogP contribution in [-0.2, 0) is 6.42 Å². The molecule has 2 atom stereocenters. The minimum Gasteiger partial charge on any atom is -0.152 e. The van der Waals surface area contributed by atoms with Gasteiger partial charge in [-0.1, -0.05) is 107 Å². The molecule has 0 amide bonds. The van der Waals surface area contributed by atoms with Crippen molar-refractivity contribution >= 4 is 27.7 Å². The van der Waals surface area contributed by atoms with Gasteiger partial charge in [-0.3, -0.25) is 0 Å². The first-order valence-electron chi connectivity index (χ1n) is 8.24. The van der Waals surface area contributed by atoms with Gasteiger partial charge in [-0.25, -0.2) is 0 Å². The molecule has 0 saturated heterocycles. The molecular weight excluding hydrogens is 376 g/mol. The fraction of sp³-hybridized carbons (Fsp3) is 0.182. The van der Waals surface area contributed by atoms with Gasteiger partial charge in [-0.15, -0.1) is 0 Å². The van der Waals surface area contributed by atoms with Gasteiger partial charge in [0.15, 0.2) is 0 Å². The van der Waals surface area contributed by atoms with Crippen LogP contribution in [0.3, 0.4) is 0 Å². The van der Waals surface area contributed by atoms with Crippen molar-refractivity contribution in [2.45, 2.75) is 16.5 Å². The highest BCUT2D eigenvalue weighted by Crippen LogP contribution is 2.45. The largest absolute Gasteiger partial charge is 0.152 e. The Morgan fingerprint density at radius 1 is 0.667 bits per heavy atom. The van der Waals surface area contributed by atoms with Crippen LogP contribution >= 0.6 is 27.7 Å². The number of aryl methyl sites for hydroxylation is 1. The highest BCUT2D eigenvalue weighted by atomic mass is 79.9. The standard InChI is InChI=1S/C22H21BrS/c23-21(19-12-6-2-7-13-19)22(20-14-8-3-9-15-20)24-17-16-18-10-4-1-5-11-18/h1-15,21-22H,16-17H2/t21-,22-/m0/s1. The van der Waals surface area contributed by atoms with Crippen LogP contribution in [0.5, 0.6) is 0 Å². The molecule has 0 fully saturated rings. The van der Waals surface area contributed by atoms with E-state index >= 15 is 0 Å². The summed E-state index contributed by atoms with van der Waals surface area (Å²) in [5.74, 6) is 1.11. The zero-order valence-corrected chi connectivity index (χ0v) is 15.9. The Morgan fingerprint density at radius 3 is 1.75 bits per heavy atom. The number of hydrogen-bond acceptors (Lipinski definition) is 1. The van der Waals surface area contributed by atoms with Gasteiger partial charge in [0, 0.05) is 5.25 Å². The Bertz CT molecular complexity index is 713. The molecule has 0 aliphatic heterocycles. The summed E-state index contributed by atoms with van der Waals surface area (Å²) in [6.45, 7) is 0. The first kappa shape index (κ1) is 17.3. The molecular formula is C22H21BrS. The lowest BCUT2D eigenvalue weighted by molar-refractivity contribution is 0.918. The molecule has 0 N–H and O–H groups in total. The van der Waals surface area contributed by atoms with Gasteiger partial charge in [0.2, 0.25) is 0 Å². The molecule has 0 nitrogen and oxygen atoms in total. The molecule has 0 bridgehead atoms. The topological polar surface area (TPSA) is 0 Å². The van der Waals surface area contributed by atoms with Crippen molar-refractivity contribution in [2.24, 2.45) is 0 Å². The molecule has 0 radical (unpaired) electrons. The molecule has 0 spiro atoms. The molecule has 0 heterocycles. The molecule has 3 rings (SSSR count). The fourth-order valence-corrected chi connectivity index (χ4v) is 5.10. The summed E-state index contributed by atoms with van der Waals surface area (Å²) < 4.78 is 0. The van der Waals surface area contributed by atoms with Crippen LogP contribution in [0.1, 0.15) is 26.8 Å². The average Bonchev–Trinajstić information content (AvgIpc) is 2.67. The number of rotatable bonds is 7. The minimum atomic E-state index is 0.307. The molecule has 24 heavy (non-hydrogen) atoms. The number of thioether (sulfide) groups is 1. The number of halogens is 1. The zero-order chi connectivity index (χ0) is 16.6. The third-order valence-electron chi connectivity index (χ3n) is 4.04. The summed E-state index contributed by atoms with van der Waals surface area (Å²) in [7, 11) is 0. The maximum Gasteiger partial charge on any atom is 0.0554 e. The number of alkyl halides is 1. The molecule has 2 heteroatoms. The summed E-state index contributed by atoms with van der Waals surface area (Å²) >= 11 is 5.98. The van der Waals surface area contributed by atoms with Crippen molar-refractivity contribution in [3.63, 3.8) is 0 Å². The third kappa shape index (κ3) is 4.75. The maximum absolute atomic E-state index is 3.95. The van der Waals surface area contributed by atoms with Crippen LogP contribution in [-0.4, -0.2) is 5.75 Å². The van der Waals surface area contributed by atoms with Crippen molar-refractivity contribution < 1.29 is 0 Å². The van der Waals surface area contributed by atoms with E-state index in [4.69, 9.17) is 0 Å². The summed E-state index contributed by atoms with van der Waals surface area (Å²) in [6.07, 6.45) is 1.10. The number of benzene rings is 3. The molecule has 0 aromatic heterocycles. The second kappa shape index (κ2) is 9.10. The predicted molar refractivity (Wildman–Crippen MR) is 110 cm³/mol. The minimum absolute atomic E-state index is 0.307. The highest BCUT2D eigenvalue weighted by molar-refractivity contribution is 9.09. The first-order valence-corrected chi connectivity index (χ1v) is 10.2. The SMILES string of the molecule is Br[C@@H](c1ccccc1)[C@@H](SCCc1ccccc1)c1ccccc1. The van der Waals surface area contributed by atoms with E-state index in [2.05, 4.69) is 107 Å². The fourth-order valence-electron chi connectivity index (χ4n) is 2.75. The van der Waals surface area contributed by atoms with E-state index in [-0.39, 0.29) is 0 Å². The maximum atomic E-state index is 3.95. The predicted octanol–water partition coefficient (Wildman–Crippen LogP) is 6.84. The second-order valence-electron chi connectivity index (χ2n) is 5.75. The molecule has 0 aliphatic rings. The summed E-state index contributed by atoms with van der Waals surface area (Å²) in [4.78, 5) is 0.307. The lowest BCUT2D eigenvalue weighted by Crippen LogP contribution is -2.04. The molecule has 3 aromatic rings. The average molecular weight is 397 g/mol. The van der Waals surface area contributed by atoms with E-state index < -0.39 is 0 Å². The van der Waals surface area contributed by atoms with Crippen molar-refractivity contribution in [2.75, 3.05) is 5.75 Å². The van der Waals surface area contributed by atoms with Gasteiger partial charge in [0.1, 0.15) is 0 Å². The lowest BCUT2D eigenvalue weighted by atomic mass is 10.0. The van der Waals surface area contributed by atoms with Gasteiger partial charge >= 0.3 is 0 Å². The Hall–Kier alpha value is -1.51. The highest BCUT2D eigenvalue weighted by Gasteiger charge is 2.22. The van der Waals surface area contributed by atoms with Crippen molar-refractivity contribution in [3.8, 4) is 0 Å². The Morgan fingerprint density at radius 2 is 1.17 bits per heavy atom. The molecule has 0 aliphatic carbocycles. The van der Waals surface area contributed by atoms with Crippen LogP contribution in [0.2, 0.25) is 0 Å². The van der Waals surface area contributed by atoms with Gasteiger partial charge < -0.3 is 0 Å². The smallest absolute Gasteiger partial charge is 0.0554 e. The van der Waals surface area contributed by atoms with Crippen LogP contribution in [0.4, 0.5) is 0 Å². The van der Waals surface area contributed by atoms with E-state index in [1.807, 2.05) is 11.8 Å². The van der Waals surface area contributed by atoms with E-state index in [0.29, 0.717) is 10.1 Å². The van der Waals surface area contributed by atoms with Crippen molar-refractivity contribution in [1.29, 1.82) is 0 Å². The quantitative estimate of drug-likeness (QED) is 0.393. The summed E-state index contributed by atoms with van der Waals surface area (Å²) in [5, 5.41) is 0.400. The second-order valence-corrected chi connectivity index (χ2v) is 7.99. The Kier molecular flexibility index (Phi) is 6.57. The van der Waals surface area contributed by atoms with Gasteiger partial charge in [-0.05, 0) is 28.9 Å². The van der Waals surface area contributed by atoms with Crippen LogP contribution in [0, 0.1) is 0 Å². The van der Waals surface area contributed by atoms with Gasteiger partial charge in [0.25, 0.3) is 0 Å². The van der Waals surface area contributed by atoms with E-state index in [1.165, 1.54) is 16.7 Å². The monoisotopic (exact) mass is 396 g/mol. The normalized spacial score (nSPS) is 13.4. The van der Waals surface area contributed by atoms with Gasteiger partial charge in [0.05, 0.1) is 4.83 Å². The number of hydrogen-bond donors (Lipinski definition) is 0. The Labute approximate surface area is 157 Å². The van der Waals surface area contributed by atoms with E-state index in [0.717, 1.165) is 12.2 Å². The zero-order valence-electron chi connectivity index (χ0n) is 13.5. The van der Waals surface area contributed by atoms with Crippen LogP contribution < -0.4 is 0 Å².